The summed E-state index contributed by atoms with van der Waals surface area (Å²) < 4.78 is 6.49. The molecular weight excluding hydrogens is 528 g/mol. The van der Waals surface area contributed by atoms with Gasteiger partial charge in [0.15, 0.2) is 0 Å². The molecule has 0 unspecified atom stereocenters. The molecule has 3 fully saturated rings. The van der Waals surface area contributed by atoms with Gasteiger partial charge in [-0.15, -0.1) is 0 Å². The van der Waals surface area contributed by atoms with Crippen LogP contribution in [0.4, 0.5) is 5.69 Å². The fraction of sp³-hybridized carbons (Fsp3) is 0.645. The second-order valence-electron chi connectivity index (χ2n) is 12.1. The van der Waals surface area contributed by atoms with Crippen LogP contribution in [-0.2, 0) is 19.1 Å². The third-order valence-electron chi connectivity index (χ3n) is 9.95. The molecule has 8 atom stereocenters. The fourth-order valence-corrected chi connectivity index (χ4v) is 7.42. The number of ether oxygens (including phenoxy) is 1. The van der Waals surface area contributed by atoms with Crippen molar-refractivity contribution in [2.24, 2.45) is 23.7 Å². The van der Waals surface area contributed by atoms with Gasteiger partial charge in [-0.05, 0) is 56.0 Å². The number of nitrogens with zero attached hydrogens (tertiary/aromatic N) is 2. The molecule has 9 heteroatoms. The van der Waals surface area contributed by atoms with Gasteiger partial charge >= 0.3 is 0 Å². The standard InChI is InChI=1S/C31H43ClN4O4/c1-6-35(7-2)15-16-36-27(29(38)34-23-10-8-9-18(3)20(23)5)31-14-13-24(40-31)25(26(31)30(36)39)28(37)33-21-12-11-19(4)22(32)17-21/h11-14,17-18,20,23-27H,6-10,15-16H2,1-5H3,(H,33,37)(H,34,38)/t18-,20-,23-,24+,25-,26+,27+,31+/m1/s1. The number of halogens is 1. The molecule has 218 valence electrons. The van der Waals surface area contributed by atoms with Crippen molar-refractivity contribution in [2.45, 2.75) is 77.7 Å². The summed E-state index contributed by atoms with van der Waals surface area (Å²) in [4.78, 5) is 45.9. The van der Waals surface area contributed by atoms with Crippen molar-refractivity contribution >= 4 is 35.0 Å². The molecule has 1 aromatic rings. The number of benzene rings is 1. The number of rotatable bonds is 9. The number of hydrogen-bond acceptors (Lipinski definition) is 5. The molecule has 1 spiro atoms. The van der Waals surface area contributed by atoms with Gasteiger partial charge in [0.1, 0.15) is 11.6 Å². The normalized spacial score (nSPS) is 34.4. The van der Waals surface area contributed by atoms with Crippen LogP contribution in [0.15, 0.2) is 30.4 Å². The Hall–Kier alpha value is -2.42. The molecule has 8 nitrogen and oxygen atoms in total. The Bertz CT molecular complexity index is 1190. The number of amides is 3. The zero-order valence-electron chi connectivity index (χ0n) is 24.3. The van der Waals surface area contributed by atoms with Crippen molar-refractivity contribution in [3.63, 3.8) is 0 Å². The number of likely N-dealkylation sites (tertiary alicyclic amines) is 1. The maximum atomic E-state index is 14.2. The molecular formula is C31H43ClN4O4. The van der Waals surface area contributed by atoms with Crippen LogP contribution in [0.5, 0.6) is 0 Å². The molecule has 2 saturated heterocycles. The molecule has 4 aliphatic rings. The third-order valence-corrected chi connectivity index (χ3v) is 10.4. The van der Waals surface area contributed by atoms with Gasteiger partial charge in [-0.1, -0.05) is 70.4 Å². The first kappa shape index (κ1) is 29.1. The van der Waals surface area contributed by atoms with E-state index in [9.17, 15) is 14.4 Å². The summed E-state index contributed by atoms with van der Waals surface area (Å²) in [6.45, 7) is 13.3. The average molecular weight is 571 g/mol. The Morgan fingerprint density at radius 1 is 1.18 bits per heavy atom. The lowest BCUT2D eigenvalue weighted by Gasteiger charge is -2.38. The van der Waals surface area contributed by atoms with E-state index in [0.717, 1.165) is 37.9 Å². The van der Waals surface area contributed by atoms with Crippen molar-refractivity contribution in [2.75, 3.05) is 31.5 Å². The highest BCUT2D eigenvalue weighted by molar-refractivity contribution is 6.31. The largest absolute Gasteiger partial charge is 0.359 e. The number of likely N-dealkylation sites (N-methyl/N-ethyl adjacent to an activating group) is 1. The van der Waals surface area contributed by atoms with Crippen LogP contribution in [0.1, 0.15) is 52.5 Å². The summed E-state index contributed by atoms with van der Waals surface area (Å²) in [6.07, 6.45) is 6.33. The number of anilines is 1. The molecule has 2 bridgehead atoms. The number of fused-ring (bicyclic) bond motifs is 1. The van der Waals surface area contributed by atoms with Gasteiger partial charge in [0.05, 0.1) is 17.9 Å². The smallest absolute Gasteiger partial charge is 0.246 e. The molecule has 3 amide bonds. The molecule has 40 heavy (non-hydrogen) atoms. The van der Waals surface area contributed by atoms with Crippen molar-refractivity contribution in [1.82, 2.24) is 15.1 Å². The lowest BCUT2D eigenvalue weighted by molar-refractivity contribution is -0.141. The fourth-order valence-electron chi connectivity index (χ4n) is 7.24. The summed E-state index contributed by atoms with van der Waals surface area (Å²) in [7, 11) is 0. The van der Waals surface area contributed by atoms with E-state index in [1.165, 1.54) is 0 Å². The molecule has 1 aliphatic carbocycles. The Kier molecular flexibility index (Phi) is 8.33. The Morgan fingerprint density at radius 3 is 2.62 bits per heavy atom. The maximum Gasteiger partial charge on any atom is 0.246 e. The van der Waals surface area contributed by atoms with Crippen LogP contribution in [0, 0.1) is 30.6 Å². The Labute approximate surface area is 242 Å². The number of aryl methyl sites for hydroxylation is 1. The molecule has 0 radical (unpaired) electrons. The van der Waals surface area contributed by atoms with Crippen LogP contribution in [0.2, 0.25) is 5.02 Å². The SMILES string of the molecule is CCN(CC)CCN1C(=O)[C@@H]2[C@H](C(=O)Nc3ccc(C)c(Cl)c3)[C@@H]3C=C[C@@]2(O3)[C@@H]1C(=O)N[C@@H]1CCC[C@@H](C)[C@H]1C. The van der Waals surface area contributed by atoms with Crippen molar-refractivity contribution < 1.29 is 19.1 Å². The highest BCUT2D eigenvalue weighted by Crippen LogP contribution is 2.55. The first-order valence-electron chi connectivity index (χ1n) is 14.9. The van der Waals surface area contributed by atoms with E-state index in [1.54, 1.807) is 17.0 Å². The minimum absolute atomic E-state index is 0.0550. The first-order chi connectivity index (χ1) is 19.1. The van der Waals surface area contributed by atoms with Crippen LogP contribution in [-0.4, -0.2) is 77.5 Å². The Balaban J connectivity index is 1.43. The second-order valence-corrected chi connectivity index (χ2v) is 12.5. The first-order valence-corrected chi connectivity index (χ1v) is 15.3. The minimum atomic E-state index is -1.16. The van der Waals surface area contributed by atoms with E-state index in [2.05, 4.69) is 43.2 Å². The zero-order chi connectivity index (χ0) is 28.8. The van der Waals surface area contributed by atoms with E-state index in [4.69, 9.17) is 16.3 Å². The zero-order valence-corrected chi connectivity index (χ0v) is 25.0. The molecule has 2 N–H and O–H groups in total. The minimum Gasteiger partial charge on any atom is -0.359 e. The van der Waals surface area contributed by atoms with Gasteiger partial charge < -0.3 is 25.2 Å². The van der Waals surface area contributed by atoms with Gasteiger partial charge in [-0.25, -0.2) is 0 Å². The lowest BCUT2D eigenvalue weighted by Crippen LogP contribution is -2.58. The summed E-state index contributed by atoms with van der Waals surface area (Å²) in [5.41, 5.74) is 0.320. The second kappa shape index (κ2) is 11.5. The molecule has 1 aromatic carbocycles. The topological polar surface area (TPSA) is 91.0 Å². The van der Waals surface area contributed by atoms with Gasteiger partial charge in [-0.2, -0.15) is 0 Å². The van der Waals surface area contributed by atoms with E-state index >= 15 is 0 Å². The van der Waals surface area contributed by atoms with E-state index in [1.807, 2.05) is 25.1 Å². The van der Waals surface area contributed by atoms with E-state index in [-0.39, 0.29) is 23.8 Å². The lowest BCUT2D eigenvalue weighted by atomic mass is 9.73. The molecule has 5 rings (SSSR count). The number of nitrogens with one attached hydrogen (secondary N) is 2. The number of carbonyl (C=O) groups excluding carboxylic acids is 3. The van der Waals surface area contributed by atoms with Crippen LogP contribution < -0.4 is 10.6 Å². The number of hydrogen-bond donors (Lipinski definition) is 2. The summed E-state index contributed by atoms with van der Waals surface area (Å²) in [5.74, 6) is -1.30. The van der Waals surface area contributed by atoms with E-state index in [0.29, 0.717) is 35.6 Å². The highest BCUT2D eigenvalue weighted by Gasteiger charge is 2.72. The van der Waals surface area contributed by atoms with Gasteiger partial charge in [-0.3, -0.25) is 14.4 Å². The summed E-state index contributed by atoms with van der Waals surface area (Å²) >= 11 is 6.29. The van der Waals surface area contributed by atoms with Gasteiger partial charge in [0.25, 0.3) is 0 Å². The van der Waals surface area contributed by atoms with Crippen LogP contribution in [0.3, 0.4) is 0 Å². The summed E-state index contributed by atoms with van der Waals surface area (Å²) in [6, 6.07) is 4.59. The molecule has 3 aliphatic heterocycles. The van der Waals surface area contributed by atoms with E-state index < -0.39 is 29.6 Å². The predicted octanol–water partition coefficient (Wildman–Crippen LogP) is 4.02. The quantitative estimate of drug-likeness (QED) is 0.438. The predicted molar refractivity (Wildman–Crippen MR) is 156 cm³/mol. The van der Waals surface area contributed by atoms with Gasteiger partial charge in [0, 0.05) is 29.8 Å². The maximum absolute atomic E-state index is 14.2. The van der Waals surface area contributed by atoms with Gasteiger partial charge in [0.2, 0.25) is 17.7 Å². The monoisotopic (exact) mass is 570 g/mol. The number of carbonyl (C=O) groups is 3. The highest BCUT2D eigenvalue weighted by atomic mass is 35.5. The average Bonchev–Trinajstić information content (AvgIpc) is 3.57. The summed E-state index contributed by atoms with van der Waals surface area (Å²) in [5, 5.41) is 6.83. The molecule has 0 aromatic heterocycles. The Morgan fingerprint density at radius 2 is 1.93 bits per heavy atom. The van der Waals surface area contributed by atoms with Crippen molar-refractivity contribution in [3.8, 4) is 0 Å². The van der Waals surface area contributed by atoms with Crippen LogP contribution >= 0.6 is 11.6 Å². The van der Waals surface area contributed by atoms with Crippen molar-refractivity contribution in [3.05, 3.63) is 40.9 Å². The molecule has 1 saturated carbocycles. The van der Waals surface area contributed by atoms with Crippen molar-refractivity contribution in [1.29, 1.82) is 0 Å². The van der Waals surface area contributed by atoms with Crippen LogP contribution in [0.25, 0.3) is 0 Å². The molecule has 3 heterocycles. The third kappa shape index (κ3) is 4.96.